The van der Waals surface area contributed by atoms with Gasteiger partial charge in [0.1, 0.15) is 11.4 Å². The number of nitrogens with zero attached hydrogens (tertiary/aromatic N) is 2. The summed E-state index contributed by atoms with van der Waals surface area (Å²) in [7, 11) is 0. The average Bonchev–Trinajstić information content (AvgIpc) is 2.77. The standard InChI is InChI=1S/C11H10F3N3O/c1-6(15)9-5-8(17-18-9)7-2-3-16-10(4-7)11(12,13)14/h2-6H,15H2,1H3. The van der Waals surface area contributed by atoms with E-state index in [0.717, 1.165) is 12.3 Å². The SMILES string of the molecule is CC(N)c1cc(-c2ccnc(C(F)(F)F)c2)no1. The molecule has 2 aromatic rings. The van der Waals surface area contributed by atoms with Crippen LogP contribution in [0.25, 0.3) is 11.3 Å². The van der Waals surface area contributed by atoms with Gasteiger partial charge in [-0.15, -0.1) is 0 Å². The van der Waals surface area contributed by atoms with E-state index in [4.69, 9.17) is 10.3 Å². The fraction of sp³-hybridized carbons (Fsp3) is 0.273. The Balaban J connectivity index is 2.38. The molecule has 18 heavy (non-hydrogen) atoms. The van der Waals surface area contributed by atoms with Gasteiger partial charge in [-0.1, -0.05) is 5.16 Å². The second kappa shape index (κ2) is 4.41. The lowest BCUT2D eigenvalue weighted by atomic mass is 10.1. The first-order chi connectivity index (χ1) is 8.38. The van der Waals surface area contributed by atoms with Gasteiger partial charge in [0.25, 0.3) is 0 Å². The van der Waals surface area contributed by atoms with Crippen LogP contribution in [0.2, 0.25) is 0 Å². The first-order valence-electron chi connectivity index (χ1n) is 5.14. The van der Waals surface area contributed by atoms with Crippen molar-refractivity contribution in [2.24, 2.45) is 5.73 Å². The molecule has 0 bridgehead atoms. The molecule has 1 atom stereocenters. The molecule has 2 N–H and O–H groups in total. The molecule has 7 heteroatoms. The minimum atomic E-state index is -4.48. The van der Waals surface area contributed by atoms with Crippen LogP contribution in [-0.2, 0) is 6.18 Å². The van der Waals surface area contributed by atoms with E-state index in [9.17, 15) is 13.2 Å². The molecule has 0 aromatic carbocycles. The minimum absolute atomic E-state index is 0.285. The van der Waals surface area contributed by atoms with Crippen molar-refractivity contribution in [3.63, 3.8) is 0 Å². The van der Waals surface area contributed by atoms with Gasteiger partial charge in [0.2, 0.25) is 0 Å². The zero-order valence-electron chi connectivity index (χ0n) is 9.40. The lowest BCUT2D eigenvalue weighted by Crippen LogP contribution is -2.07. The molecule has 0 aliphatic rings. The fourth-order valence-corrected chi connectivity index (χ4v) is 1.38. The maximum atomic E-state index is 12.5. The summed E-state index contributed by atoms with van der Waals surface area (Å²) in [6, 6.07) is 3.50. The summed E-state index contributed by atoms with van der Waals surface area (Å²) in [5.41, 5.74) is 5.20. The minimum Gasteiger partial charge on any atom is -0.359 e. The van der Waals surface area contributed by atoms with Crippen molar-refractivity contribution in [2.75, 3.05) is 0 Å². The molecule has 0 fully saturated rings. The van der Waals surface area contributed by atoms with Gasteiger partial charge in [0.05, 0.1) is 6.04 Å². The molecule has 0 spiro atoms. The van der Waals surface area contributed by atoms with Crippen molar-refractivity contribution in [3.05, 3.63) is 35.9 Å². The highest BCUT2D eigenvalue weighted by Gasteiger charge is 2.32. The van der Waals surface area contributed by atoms with Gasteiger partial charge in [-0.25, -0.2) is 0 Å². The van der Waals surface area contributed by atoms with E-state index in [1.165, 1.54) is 12.1 Å². The van der Waals surface area contributed by atoms with Crippen molar-refractivity contribution in [1.29, 1.82) is 0 Å². The molecule has 0 saturated carbocycles. The van der Waals surface area contributed by atoms with Crippen LogP contribution in [0.15, 0.2) is 28.9 Å². The molecular formula is C11H10F3N3O. The van der Waals surface area contributed by atoms with E-state index >= 15 is 0 Å². The molecule has 0 aliphatic carbocycles. The molecule has 0 amide bonds. The summed E-state index contributed by atoms with van der Waals surface area (Å²) in [5.74, 6) is 0.412. The first kappa shape index (κ1) is 12.6. The lowest BCUT2D eigenvalue weighted by molar-refractivity contribution is -0.141. The summed E-state index contributed by atoms with van der Waals surface area (Å²) in [6.07, 6.45) is -3.40. The van der Waals surface area contributed by atoms with Gasteiger partial charge in [-0.3, -0.25) is 4.98 Å². The maximum absolute atomic E-state index is 12.5. The van der Waals surface area contributed by atoms with E-state index in [1.807, 2.05) is 0 Å². The number of hydrogen-bond donors (Lipinski definition) is 1. The van der Waals surface area contributed by atoms with E-state index < -0.39 is 11.9 Å². The number of aromatic nitrogens is 2. The third-order valence-corrected chi connectivity index (χ3v) is 2.32. The number of pyridine rings is 1. The third kappa shape index (κ3) is 2.51. The highest BCUT2D eigenvalue weighted by Crippen LogP contribution is 2.30. The lowest BCUT2D eigenvalue weighted by Gasteiger charge is -2.05. The largest absolute Gasteiger partial charge is 0.433 e. The van der Waals surface area contributed by atoms with Crippen molar-refractivity contribution < 1.29 is 17.7 Å². The zero-order valence-corrected chi connectivity index (χ0v) is 9.40. The second-order valence-electron chi connectivity index (χ2n) is 3.83. The molecular weight excluding hydrogens is 247 g/mol. The number of rotatable bonds is 2. The van der Waals surface area contributed by atoms with Gasteiger partial charge in [-0.2, -0.15) is 13.2 Å². The van der Waals surface area contributed by atoms with Crippen molar-refractivity contribution in [1.82, 2.24) is 10.1 Å². The molecule has 4 nitrogen and oxygen atoms in total. The number of alkyl halides is 3. The monoisotopic (exact) mass is 257 g/mol. The molecule has 2 aromatic heterocycles. The smallest absolute Gasteiger partial charge is 0.359 e. The second-order valence-corrected chi connectivity index (χ2v) is 3.83. The number of hydrogen-bond acceptors (Lipinski definition) is 4. The number of nitrogens with two attached hydrogens (primary N) is 1. The predicted molar refractivity (Wildman–Crippen MR) is 57.3 cm³/mol. The van der Waals surface area contributed by atoms with Crippen LogP contribution in [0.1, 0.15) is 24.4 Å². The van der Waals surface area contributed by atoms with Gasteiger partial charge < -0.3 is 10.3 Å². The normalized spacial score (nSPS) is 13.6. The van der Waals surface area contributed by atoms with Crippen LogP contribution >= 0.6 is 0 Å². The van der Waals surface area contributed by atoms with Crippen molar-refractivity contribution in [2.45, 2.75) is 19.1 Å². The van der Waals surface area contributed by atoms with E-state index in [1.54, 1.807) is 6.92 Å². The van der Waals surface area contributed by atoms with Crippen LogP contribution in [-0.4, -0.2) is 10.1 Å². The summed E-state index contributed by atoms with van der Waals surface area (Å²) in [6.45, 7) is 1.69. The molecule has 2 rings (SSSR count). The molecule has 96 valence electrons. The Morgan fingerprint density at radius 3 is 2.61 bits per heavy atom. The highest BCUT2D eigenvalue weighted by atomic mass is 19.4. The van der Waals surface area contributed by atoms with E-state index in [0.29, 0.717) is 11.5 Å². The Bertz CT molecular complexity index is 548. The van der Waals surface area contributed by atoms with Crippen LogP contribution in [0.4, 0.5) is 13.2 Å². The Kier molecular flexibility index (Phi) is 3.08. The average molecular weight is 257 g/mol. The quantitative estimate of drug-likeness (QED) is 0.898. The van der Waals surface area contributed by atoms with Crippen molar-refractivity contribution in [3.8, 4) is 11.3 Å². The summed E-state index contributed by atoms with van der Waals surface area (Å²) in [5, 5.41) is 3.68. The Hall–Kier alpha value is -1.89. The highest BCUT2D eigenvalue weighted by molar-refractivity contribution is 5.59. The summed E-state index contributed by atoms with van der Waals surface area (Å²) >= 11 is 0. The Morgan fingerprint density at radius 2 is 2.06 bits per heavy atom. The molecule has 0 saturated heterocycles. The molecule has 1 unspecified atom stereocenters. The summed E-state index contributed by atoms with van der Waals surface area (Å²) in [4.78, 5) is 3.27. The third-order valence-electron chi connectivity index (χ3n) is 2.32. The van der Waals surface area contributed by atoms with Gasteiger partial charge in [0, 0.05) is 17.8 Å². The van der Waals surface area contributed by atoms with Crippen molar-refractivity contribution >= 4 is 0 Å². The fourth-order valence-electron chi connectivity index (χ4n) is 1.38. The van der Waals surface area contributed by atoms with Gasteiger partial charge >= 0.3 is 6.18 Å². The van der Waals surface area contributed by atoms with Crippen LogP contribution in [0, 0.1) is 0 Å². The molecule has 0 radical (unpaired) electrons. The Morgan fingerprint density at radius 1 is 1.33 bits per heavy atom. The first-order valence-corrected chi connectivity index (χ1v) is 5.14. The maximum Gasteiger partial charge on any atom is 0.433 e. The Labute approximate surface area is 101 Å². The van der Waals surface area contributed by atoms with Gasteiger partial charge in [0.15, 0.2) is 5.76 Å². The molecule has 2 heterocycles. The predicted octanol–water partition coefficient (Wildman–Crippen LogP) is 2.78. The van der Waals surface area contributed by atoms with E-state index in [-0.39, 0.29) is 11.6 Å². The zero-order chi connectivity index (χ0) is 13.3. The van der Waals surface area contributed by atoms with Gasteiger partial charge in [-0.05, 0) is 19.1 Å². The van der Waals surface area contributed by atoms with Crippen LogP contribution < -0.4 is 5.73 Å². The molecule has 0 aliphatic heterocycles. The van der Waals surface area contributed by atoms with E-state index in [2.05, 4.69) is 10.1 Å². The van der Waals surface area contributed by atoms with Crippen LogP contribution in [0.5, 0.6) is 0 Å². The number of halogens is 3. The summed E-state index contributed by atoms with van der Waals surface area (Å²) < 4.78 is 42.4. The topological polar surface area (TPSA) is 64.9 Å². The van der Waals surface area contributed by atoms with Crippen LogP contribution in [0.3, 0.4) is 0 Å².